The maximum atomic E-state index is 12.4. The summed E-state index contributed by atoms with van der Waals surface area (Å²) in [7, 11) is 3.95. The van der Waals surface area contributed by atoms with E-state index in [4.69, 9.17) is 5.11 Å². The molecular formula is C14H25N3O3. The fourth-order valence-electron chi connectivity index (χ4n) is 3.16. The Labute approximate surface area is 120 Å². The number of carbonyl (C=O) groups is 2. The first-order chi connectivity index (χ1) is 9.49. The third-order valence-corrected chi connectivity index (χ3v) is 4.60. The molecule has 2 amide bonds. The summed E-state index contributed by atoms with van der Waals surface area (Å²) in [5.41, 5.74) is 0. The predicted octanol–water partition coefficient (Wildman–Crippen LogP) is 0.929. The van der Waals surface area contributed by atoms with Crippen molar-refractivity contribution in [2.45, 2.75) is 31.7 Å². The number of hydrogen-bond donors (Lipinski definition) is 1. The first-order valence-corrected chi connectivity index (χ1v) is 7.42. The average Bonchev–Trinajstić information content (AvgIpc) is 2.83. The van der Waals surface area contributed by atoms with Gasteiger partial charge in [0.05, 0.1) is 5.92 Å². The van der Waals surface area contributed by atoms with Crippen molar-refractivity contribution in [2.24, 2.45) is 5.92 Å². The highest BCUT2D eigenvalue weighted by atomic mass is 16.4. The highest BCUT2D eigenvalue weighted by Crippen LogP contribution is 2.20. The Morgan fingerprint density at radius 3 is 2.35 bits per heavy atom. The summed E-state index contributed by atoms with van der Waals surface area (Å²) in [4.78, 5) is 29.1. The summed E-state index contributed by atoms with van der Waals surface area (Å²) in [6.07, 6.45) is 3.49. The normalized spacial score (nSPS) is 24.9. The zero-order valence-corrected chi connectivity index (χ0v) is 12.4. The van der Waals surface area contributed by atoms with Crippen LogP contribution in [0, 0.1) is 5.92 Å². The Balaban J connectivity index is 1.80. The van der Waals surface area contributed by atoms with Crippen molar-refractivity contribution in [2.75, 3.05) is 40.3 Å². The number of carboxylic acids is 1. The molecule has 0 aromatic rings. The summed E-state index contributed by atoms with van der Waals surface area (Å²) in [5.74, 6) is -1.02. The van der Waals surface area contributed by atoms with E-state index >= 15 is 0 Å². The van der Waals surface area contributed by atoms with Gasteiger partial charge in [-0.1, -0.05) is 0 Å². The Hall–Kier alpha value is -1.30. The minimum Gasteiger partial charge on any atom is -0.481 e. The SMILES string of the molecule is CN(CC1CCCN1C)C(=O)N1CCC(C(=O)O)CC1. The predicted molar refractivity (Wildman–Crippen MR) is 75.6 cm³/mol. The molecule has 0 saturated carbocycles. The van der Waals surface area contributed by atoms with E-state index in [2.05, 4.69) is 11.9 Å². The van der Waals surface area contributed by atoms with Crippen LogP contribution in [0.5, 0.6) is 0 Å². The molecule has 0 aliphatic carbocycles. The maximum Gasteiger partial charge on any atom is 0.319 e. The number of amides is 2. The Morgan fingerprint density at radius 1 is 1.20 bits per heavy atom. The number of carboxylic acid groups (broad SMARTS) is 1. The molecule has 1 N–H and O–H groups in total. The molecule has 0 aromatic carbocycles. The van der Waals surface area contributed by atoms with Crippen LogP contribution in [0.2, 0.25) is 0 Å². The van der Waals surface area contributed by atoms with Gasteiger partial charge in [-0.15, -0.1) is 0 Å². The van der Waals surface area contributed by atoms with E-state index in [1.54, 1.807) is 9.80 Å². The van der Waals surface area contributed by atoms with Crippen LogP contribution in [0.4, 0.5) is 4.79 Å². The maximum absolute atomic E-state index is 12.4. The van der Waals surface area contributed by atoms with Crippen LogP contribution in [-0.2, 0) is 4.79 Å². The minimum atomic E-state index is -0.738. The minimum absolute atomic E-state index is 0.0362. The van der Waals surface area contributed by atoms with Gasteiger partial charge in [0.25, 0.3) is 0 Å². The Morgan fingerprint density at radius 2 is 1.85 bits per heavy atom. The highest BCUT2D eigenvalue weighted by Gasteiger charge is 2.30. The molecule has 2 aliphatic rings. The molecule has 2 fully saturated rings. The molecule has 0 radical (unpaired) electrons. The van der Waals surface area contributed by atoms with Gasteiger partial charge in [-0.2, -0.15) is 0 Å². The number of carbonyl (C=O) groups excluding carboxylic acids is 1. The van der Waals surface area contributed by atoms with Crippen LogP contribution in [0.1, 0.15) is 25.7 Å². The van der Waals surface area contributed by atoms with E-state index in [0.29, 0.717) is 32.0 Å². The average molecular weight is 283 g/mol. The van der Waals surface area contributed by atoms with Crippen molar-refractivity contribution in [1.29, 1.82) is 0 Å². The highest BCUT2D eigenvalue weighted by molar-refractivity contribution is 5.75. The molecule has 6 nitrogen and oxygen atoms in total. The van der Waals surface area contributed by atoms with Gasteiger partial charge in [-0.3, -0.25) is 4.79 Å². The molecule has 0 bridgehead atoms. The number of hydrogen-bond acceptors (Lipinski definition) is 3. The molecule has 6 heteroatoms. The van der Waals surface area contributed by atoms with Crippen molar-refractivity contribution in [3.05, 3.63) is 0 Å². The number of piperidine rings is 1. The lowest BCUT2D eigenvalue weighted by Crippen LogP contribution is -2.49. The molecule has 2 saturated heterocycles. The summed E-state index contributed by atoms with van der Waals surface area (Å²) in [5, 5.41) is 8.97. The van der Waals surface area contributed by atoms with E-state index < -0.39 is 5.97 Å². The quantitative estimate of drug-likeness (QED) is 0.837. The van der Waals surface area contributed by atoms with Gasteiger partial charge in [-0.05, 0) is 39.3 Å². The van der Waals surface area contributed by atoms with Crippen LogP contribution < -0.4 is 0 Å². The molecular weight excluding hydrogens is 258 g/mol. The second-order valence-corrected chi connectivity index (χ2v) is 6.04. The second-order valence-electron chi connectivity index (χ2n) is 6.04. The zero-order chi connectivity index (χ0) is 14.7. The number of aliphatic carboxylic acids is 1. The van der Waals surface area contributed by atoms with Crippen LogP contribution in [0.3, 0.4) is 0 Å². The second kappa shape index (κ2) is 6.43. The Bertz CT molecular complexity index is 367. The van der Waals surface area contributed by atoms with Crippen molar-refractivity contribution < 1.29 is 14.7 Å². The fourth-order valence-corrected chi connectivity index (χ4v) is 3.16. The molecule has 1 unspecified atom stereocenters. The van der Waals surface area contributed by atoms with Crippen LogP contribution in [-0.4, -0.2) is 78.1 Å². The first-order valence-electron chi connectivity index (χ1n) is 7.42. The molecule has 1 atom stereocenters. The third kappa shape index (κ3) is 3.42. The van der Waals surface area contributed by atoms with Gasteiger partial charge >= 0.3 is 12.0 Å². The summed E-state index contributed by atoms with van der Waals surface area (Å²) in [6, 6.07) is 0.495. The van der Waals surface area contributed by atoms with Crippen molar-refractivity contribution in [1.82, 2.24) is 14.7 Å². The number of nitrogens with zero attached hydrogens (tertiary/aromatic N) is 3. The first kappa shape index (κ1) is 15.1. The van der Waals surface area contributed by atoms with Gasteiger partial charge < -0.3 is 19.8 Å². The van der Waals surface area contributed by atoms with E-state index in [0.717, 1.165) is 19.5 Å². The van der Waals surface area contributed by atoms with E-state index in [1.165, 1.54) is 6.42 Å². The van der Waals surface area contributed by atoms with Crippen LogP contribution in [0.15, 0.2) is 0 Å². The van der Waals surface area contributed by atoms with Crippen LogP contribution in [0.25, 0.3) is 0 Å². The largest absolute Gasteiger partial charge is 0.481 e. The molecule has 0 aromatic heterocycles. The molecule has 2 aliphatic heterocycles. The van der Waals surface area contributed by atoms with Gasteiger partial charge in [0, 0.05) is 32.7 Å². The van der Waals surface area contributed by atoms with Crippen molar-refractivity contribution in [3.63, 3.8) is 0 Å². The lowest BCUT2D eigenvalue weighted by molar-refractivity contribution is -0.143. The molecule has 114 valence electrons. The monoisotopic (exact) mass is 283 g/mol. The van der Waals surface area contributed by atoms with E-state index in [1.807, 2.05) is 7.05 Å². The van der Waals surface area contributed by atoms with Gasteiger partial charge in [0.1, 0.15) is 0 Å². The van der Waals surface area contributed by atoms with Gasteiger partial charge in [-0.25, -0.2) is 4.79 Å². The van der Waals surface area contributed by atoms with Crippen LogP contribution >= 0.6 is 0 Å². The molecule has 0 spiro atoms. The zero-order valence-electron chi connectivity index (χ0n) is 12.4. The van der Waals surface area contributed by atoms with Crippen molar-refractivity contribution in [3.8, 4) is 0 Å². The Kier molecular flexibility index (Phi) is 4.86. The number of likely N-dealkylation sites (tertiary alicyclic amines) is 2. The lowest BCUT2D eigenvalue weighted by Gasteiger charge is -2.34. The summed E-state index contributed by atoms with van der Waals surface area (Å²) in [6.45, 7) is 2.98. The standard InChI is InChI=1S/C14H25N3O3/c1-15-7-3-4-12(15)10-16(2)14(20)17-8-5-11(6-9-17)13(18)19/h11-12H,3-10H2,1-2H3,(H,18,19). The lowest BCUT2D eigenvalue weighted by atomic mass is 9.97. The summed E-state index contributed by atoms with van der Waals surface area (Å²) >= 11 is 0. The molecule has 2 heterocycles. The molecule has 20 heavy (non-hydrogen) atoms. The van der Waals surface area contributed by atoms with Gasteiger partial charge in [0.2, 0.25) is 0 Å². The van der Waals surface area contributed by atoms with Gasteiger partial charge in [0.15, 0.2) is 0 Å². The number of urea groups is 1. The smallest absolute Gasteiger partial charge is 0.319 e. The number of likely N-dealkylation sites (N-methyl/N-ethyl adjacent to an activating group) is 2. The van der Waals surface area contributed by atoms with E-state index in [-0.39, 0.29) is 11.9 Å². The topological polar surface area (TPSA) is 64.1 Å². The summed E-state index contributed by atoms with van der Waals surface area (Å²) < 4.78 is 0. The van der Waals surface area contributed by atoms with E-state index in [9.17, 15) is 9.59 Å². The van der Waals surface area contributed by atoms with Crippen molar-refractivity contribution >= 4 is 12.0 Å². The third-order valence-electron chi connectivity index (χ3n) is 4.60. The fraction of sp³-hybridized carbons (Fsp3) is 0.857. The molecule has 2 rings (SSSR count). The number of rotatable bonds is 3.